The summed E-state index contributed by atoms with van der Waals surface area (Å²) in [6.07, 6.45) is -3.21. The Bertz CT molecular complexity index is 907. The molecule has 1 heterocycles. The Morgan fingerprint density at radius 3 is 2.03 bits per heavy atom. The van der Waals surface area contributed by atoms with Gasteiger partial charge in [0.2, 0.25) is 0 Å². The highest BCUT2D eigenvalue weighted by Gasteiger charge is 2.71. The average molecular weight is 451 g/mol. The molecule has 0 bridgehead atoms. The van der Waals surface area contributed by atoms with Crippen LogP contribution in [-0.2, 0) is 30.5 Å². The molecule has 1 unspecified atom stereocenters. The molecule has 32 heavy (non-hydrogen) atoms. The number of carbonyl (C=O) groups excluding carboxylic acids is 3. The Morgan fingerprint density at radius 1 is 1.06 bits per heavy atom. The molecule has 1 aromatic rings. The van der Waals surface area contributed by atoms with E-state index in [1.54, 1.807) is 30.3 Å². The highest BCUT2D eigenvalue weighted by Crippen LogP contribution is 2.40. The van der Waals surface area contributed by atoms with Crippen molar-refractivity contribution >= 4 is 29.8 Å². The lowest BCUT2D eigenvalue weighted by Gasteiger charge is -2.40. The molecule has 0 spiro atoms. The fourth-order valence-electron chi connectivity index (χ4n) is 3.63. The summed E-state index contributed by atoms with van der Waals surface area (Å²) in [6, 6.07) is 8.40. The van der Waals surface area contributed by atoms with Gasteiger partial charge in [0.05, 0.1) is 25.2 Å². The molecule has 11 heteroatoms. The van der Waals surface area contributed by atoms with Crippen LogP contribution in [0.3, 0.4) is 0 Å². The van der Waals surface area contributed by atoms with Crippen molar-refractivity contribution in [3.63, 3.8) is 0 Å². The summed E-state index contributed by atoms with van der Waals surface area (Å²) in [4.78, 5) is 62.0. The van der Waals surface area contributed by atoms with Crippen LogP contribution in [0, 0.1) is 11.3 Å². The molecule has 11 nitrogen and oxygen atoms in total. The zero-order chi connectivity index (χ0) is 24.3. The molecule has 4 N–H and O–H groups in total. The minimum atomic E-state index is -3.01. The van der Waals surface area contributed by atoms with E-state index < -0.39 is 70.8 Å². The lowest BCUT2D eigenvalue weighted by Crippen LogP contribution is -2.77. The summed E-state index contributed by atoms with van der Waals surface area (Å²) in [7, 11) is 0. The number of imide groups is 1. The largest absolute Gasteiger partial charge is 0.481 e. The number of aliphatic carboxylic acids is 2. The van der Waals surface area contributed by atoms with Crippen LogP contribution in [-0.4, -0.2) is 55.6 Å². The maximum atomic E-state index is 12.6. The number of nitrogens with zero attached hydrogens (tertiary/aromatic N) is 1. The molecule has 0 aromatic heterocycles. The summed E-state index contributed by atoms with van der Waals surface area (Å²) >= 11 is 0. The van der Waals surface area contributed by atoms with Gasteiger partial charge in [0.25, 0.3) is 0 Å². The molecule has 174 valence electrons. The molecule has 0 radical (unpaired) electrons. The summed E-state index contributed by atoms with van der Waals surface area (Å²) in [6.45, 7) is 4.28. The molecule has 1 aliphatic rings. The highest BCUT2D eigenvalue weighted by molar-refractivity contribution is 5.96. The van der Waals surface area contributed by atoms with E-state index in [1.165, 1.54) is 20.8 Å². The number of hydrogen-bond acceptors (Lipinski definition) is 7. The number of hydroxylamine groups is 3. The van der Waals surface area contributed by atoms with Crippen molar-refractivity contribution in [3.05, 3.63) is 35.9 Å². The van der Waals surface area contributed by atoms with Crippen LogP contribution < -0.4 is 5.32 Å². The first-order chi connectivity index (χ1) is 14.8. The number of benzene rings is 1. The second-order valence-electron chi connectivity index (χ2n) is 8.74. The number of ether oxygens (including phenoxy) is 1. The van der Waals surface area contributed by atoms with Crippen LogP contribution >= 0.6 is 0 Å². The van der Waals surface area contributed by atoms with Crippen molar-refractivity contribution in [2.24, 2.45) is 11.3 Å². The second kappa shape index (κ2) is 9.05. The van der Waals surface area contributed by atoms with Crippen molar-refractivity contribution in [2.75, 3.05) is 0 Å². The Balaban J connectivity index is 2.50. The van der Waals surface area contributed by atoms with Crippen molar-refractivity contribution < 1.29 is 48.8 Å². The SMILES string of the molecule is CC(C)(C)C(C[C@](NC(=O)OCc1ccccc1)(C(=O)O)[N+]1(O)C(=O)CCC1=O)C(=O)O. The van der Waals surface area contributed by atoms with E-state index in [1.807, 2.05) is 5.32 Å². The number of likely N-dealkylation sites (tertiary alicyclic amines) is 1. The fraction of sp³-hybridized carbons (Fsp3) is 0.476. The van der Waals surface area contributed by atoms with Gasteiger partial charge < -0.3 is 14.9 Å². The van der Waals surface area contributed by atoms with Gasteiger partial charge in [-0.15, -0.1) is 0 Å². The van der Waals surface area contributed by atoms with Crippen LogP contribution in [0.5, 0.6) is 0 Å². The Labute approximate surface area is 184 Å². The van der Waals surface area contributed by atoms with Gasteiger partial charge in [0, 0.05) is 0 Å². The molecule has 1 fully saturated rings. The fourth-order valence-corrected chi connectivity index (χ4v) is 3.63. The molecular weight excluding hydrogens is 424 g/mol. The van der Waals surface area contributed by atoms with Crippen molar-refractivity contribution in [3.8, 4) is 0 Å². The second-order valence-corrected chi connectivity index (χ2v) is 8.74. The number of alkyl carbamates (subject to hydrolysis) is 1. The first kappa shape index (κ1) is 25.0. The number of carboxylic acids is 2. The Kier molecular flexibility index (Phi) is 7.06. The standard InChI is InChI=1S/C21H26N2O9/c1-20(2,3)14(17(26)27)11-21(18(28)29,23(31)15(24)9-10-16(23)25)22-19(30)32-12-13-7-5-4-6-8-13/h4-8,14,31H,9-12H2,1-3H3,(H2-,22,26,27,28,29,30)/p+1/t14?,21-/m1/s1. The summed E-state index contributed by atoms with van der Waals surface area (Å²) in [5, 5.41) is 32.8. The number of carboxylic acid groups (broad SMARTS) is 2. The predicted molar refractivity (Wildman–Crippen MR) is 107 cm³/mol. The third-order valence-electron chi connectivity index (χ3n) is 5.55. The topological polar surface area (TPSA) is 167 Å². The van der Waals surface area contributed by atoms with E-state index in [0.717, 1.165) is 0 Å². The Morgan fingerprint density at radius 2 is 1.59 bits per heavy atom. The van der Waals surface area contributed by atoms with Gasteiger partial charge in [-0.25, -0.2) is 19.2 Å². The summed E-state index contributed by atoms with van der Waals surface area (Å²) in [5.41, 5.74) is -3.48. The first-order valence-corrected chi connectivity index (χ1v) is 9.89. The maximum absolute atomic E-state index is 12.6. The lowest BCUT2D eigenvalue weighted by molar-refractivity contribution is -1.01. The highest BCUT2D eigenvalue weighted by atomic mass is 16.6. The van der Waals surface area contributed by atoms with E-state index in [-0.39, 0.29) is 6.61 Å². The zero-order valence-electron chi connectivity index (χ0n) is 18.0. The molecule has 2 rings (SSSR count). The number of rotatable bonds is 8. The van der Waals surface area contributed by atoms with E-state index in [2.05, 4.69) is 0 Å². The molecule has 0 aliphatic carbocycles. The van der Waals surface area contributed by atoms with Gasteiger partial charge in [-0.2, -0.15) is 5.21 Å². The third-order valence-corrected chi connectivity index (χ3v) is 5.55. The van der Waals surface area contributed by atoms with Crippen LogP contribution in [0.4, 0.5) is 4.79 Å². The van der Waals surface area contributed by atoms with E-state index in [4.69, 9.17) is 4.74 Å². The molecule has 1 saturated heterocycles. The van der Waals surface area contributed by atoms with Gasteiger partial charge >= 0.3 is 35.5 Å². The first-order valence-electron chi connectivity index (χ1n) is 9.89. The molecule has 3 amide bonds. The number of hydrogen-bond donors (Lipinski definition) is 4. The van der Waals surface area contributed by atoms with Crippen LogP contribution in [0.25, 0.3) is 0 Å². The average Bonchev–Trinajstić information content (AvgIpc) is 2.97. The monoisotopic (exact) mass is 451 g/mol. The van der Waals surface area contributed by atoms with Gasteiger partial charge in [-0.05, 0) is 15.6 Å². The smallest absolute Gasteiger partial charge is 0.412 e. The molecule has 1 aliphatic heterocycles. The van der Waals surface area contributed by atoms with Gasteiger partial charge in [-0.3, -0.25) is 10.1 Å². The van der Waals surface area contributed by atoms with Crippen LogP contribution in [0.2, 0.25) is 0 Å². The maximum Gasteiger partial charge on any atom is 0.412 e. The van der Waals surface area contributed by atoms with E-state index >= 15 is 0 Å². The van der Waals surface area contributed by atoms with E-state index in [0.29, 0.717) is 5.56 Å². The number of nitrogens with one attached hydrogen (secondary N) is 1. The number of quaternary nitrogens is 1. The van der Waals surface area contributed by atoms with Gasteiger partial charge in [0.1, 0.15) is 6.61 Å². The molecular formula is C21H27N2O9+. The van der Waals surface area contributed by atoms with Gasteiger partial charge in [-0.1, -0.05) is 51.1 Å². The third kappa shape index (κ3) is 4.63. The number of carbonyl (C=O) groups is 5. The molecule has 0 saturated carbocycles. The Hall–Kier alpha value is -3.31. The van der Waals surface area contributed by atoms with Crippen LogP contribution in [0.1, 0.15) is 45.6 Å². The summed E-state index contributed by atoms with van der Waals surface area (Å²) < 4.78 is 2.76. The van der Waals surface area contributed by atoms with Crippen molar-refractivity contribution in [1.29, 1.82) is 0 Å². The van der Waals surface area contributed by atoms with Gasteiger partial charge in [0.15, 0.2) is 0 Å². The van der Waals surface area contributed by atoms with Crippen molar-refractivity contribution in [1.82, 2.24) is 5.32 Å². The summed E-state index contributed by atoms with van der Waals surface area (Å²) in [5.74, 6) is -7.17. The normalized spacial score (nSPS) is 18.5. The number of amides is 3. The minimum absolute atomic E-state index is 0.267. The van der Waals surface area contributed by atoms with E-state index in [9.17, 15) is 39.4 Å². The van der Waals surface area contributed by atoms with Crippen molar-refractivity contribution in [2.45, 2.75) is 52.3 Å². The zero-order valence-corrected chi connectivity index (χ0v) is 18.0. The minimum Gasteiger partial charge on any atom is -0.481 e. The van der Waals surface area contributed by atoms with Crippen LogP contribution in [0.15, 0.2) is 30.3 Å². The predicted octanol–water partition coefficient (Wildman–Crippen LogP) is 1.88. The lowest BCUT2D eigenvalue weighted by atomic mass is 9.75. The quantitative estimate of drug-likeness (QED) is 0.262. The molecule has 1 aromatic carbocycles. The molecule has 2 atom stereocenters.